The van der Waals surface area contributed by atoms with Crippen LogP contribution in [0.1, 0.15) is 27.0 Å². The van der Waals surface area contributed by atoms with Crippen LogP contribution in [0.15, 0.2) is 36.4 Å². The predicted octanol–water partition coefficient (Wildman–Crippen LogP) is 4.31. The molecule has 0 atom stereocenters. The van der Waals surface area contributed by atoms with Crippen LogP contribution in [0.2, 0.25) is 0 Å². The Morgan fingerprint density at radius 1 is 1.00 bits per heavy atom. The van der Waals surface area contributed by atoms with E-state index in [1.54, 1.807) is 0 Å². The molecule has 1 amide bonds. The third-order valence-electron chi connectivity index (χ3n) is 3.60. The number of rotatable bonds is 5. The Kier molecular flexibility index (Phi) is 6.09. The molecule has 0 saturated carbocycles. The van der Waals surface area contributed by atoms with E-state index in [4.69, 9.17) is 4.74 Å². The van der Waals surface area contributed by atoms with Crippen molar-refractivity contribution in [2.24, 2.45) is 0 Å². The summed E-state index contributed by atoms with van der Waals surface area (Å²) in [6.45, 7) is 5.13. The van der Waals surface area contributed by atoms with Crippen LogP contribution in [0.25, 0.3) is 0 Å². The maximum absolute atomic E-state index is 12.1. The molecule has 1 N–H and O–H groups in total. The fraction of sp³-hybridized carbons (Fsp3) is 0.263. The van der Waals surface area contributed by atoms with Gasteiger partial charge in [-0.25, -0.2) is 4.79 Å². The zero-order chi connectivity index (χ0) is 20.2. The van der Waals surface area contributed by atoms with Crippen LogP contribution < -0.4 is 10.1 Å². The summed E-state index contributed by atoms with van der Waals surface area (Å²) in [4.78, 5) is 23.9. The van der Waals surface area contributed by atoms with Crippen molar-refractivity contribution in [2.75, 3.05) is 11.9 Å². The van der Waals surface area contributed by atoms with Crippen molar-refractivity contribution in [3.8, 4) is 5.75 Å². The van der Waals surface area contributed by atoms with E-state index in [9.17, 15) is 22.8 Å². The van der Waals surface area contributed by atoms with Crippen LogP contribution in [0, 0.1) is 20.8 Å². The van der Waals surface area contributed by atoms with Crippen LogP contribution in [-0.2, 0) is 9.53 Å². The van der Waals surface area contributed by atoms with E-state index in [0.717, 1.165) is 41.0 Å². The molecule has 144 valence electrons. The Morgan fingerprint density at radius 3 is 2.07 bits per heavy atom. The number of esters is 1. The lowest BCUT2D eigenvalue weighted by Crippen LogP contribution is -2.22. The van der Waals surface area contributed by atoms with Crippen LogP contribution in [0.5, 0.6) is 5.75 Å². The Labute approximate surface area is 154 Å². The normalized spacial score (nSPS) is 11.0. The van der Waals surface area contributed by atoms with Gasteiger partial charge in [-0.3, -0.25) is 4.79 Å². The third kappa shape index (κ3) is 6.02. The van der Waals surface area contributed by atoms with E-state index in [-0.39, 0.29) is 5.56 Å². The molecule has 2 rings (SSSR count). The molecule has 2 aromatic rings. The van der Waals surface area contributed by atoms with Crippen molar-refractivity contribution in [1.82, 2.24) is 0 Å². The van der Waals surface area contributed by atoms with Gasteiger partial charge in [0.05, 0.1) is 5.56 Å². The molecule has 0 heterocycles. The molecule has 0 aromatic heterocycles. The van der Waals surface area contributed by atoms with Gasteiger partial charge in [-0.15, -0.1) is 13.2 Å². The van der Waals surface area contributed by atoms with Gasteiger partial charge in [0, 0.05) is 5.69 Å². The topological polar surface area (TPSA) is 64.6 Å². The molecule has 8 heteroatoms. The van der Waals surface area contributed by atoms with Gasteiger partial charge in [-0.2, -0.15) is 0 Å². The minimum atomic E-state index is -4.81. The van der Waals surface area contributed by atoms with Gasteiger partial charge in [0.2, 0.25) is 0 Å². The first-order valence-electron chi connectivity index (χ1n) is 7.96. The van der Waals surface area contributed by atoms with Crippen LogP contribution in [-0.4, -0.2) is 24.8 Å². The quantitative estimate of drug-likeness (QED) is 0.784. The highest BCUT2D eigenvalue weighted by molar-refractivity contribution is 5.96. The lowest BCUT2D eigenvalue weighted by atomic mass is 10.1. The second kappa shape index (κ2) is 8.11. The number of nitrogens with one attached hydrogen (secondary N) is 1. The number of benzene rings is 2. The summed E-state index contributed by atoms with van der Waals surface area (Å²) in [6.07, 6.45) is -4.81. The number of alkyl halides is 3. The number of halogens is 3. The zero-order valence-electron chi connectivity index (χ0n) is 14.9. The second-order valence-electron chi connectivity index (χ2n) is 5.97. The fourth-order valence-electron chi connectivity index (χ4n) is 2.56. The van der Waals surface area contributed by atoms with Gasteiger partial charge in [-0.1, -0.05) is 17.7 Å². The van der Waals surface area contributed by atoms with Gasteiger partial charge in [0.1, 0.15) is 5.75 Å². The zero-order valence-corrected chi connectivity index (χ0v) is 14.9. The molecule has 0 spiro atoms. The van der Waals surface area contributed by atoms with Gasteiger partial charge in [0.15, 0.2) is 6.61 Å². The second-order valence-corrected chi connectivity index (χ2v) is 5.97. The fourth-order valence-corrected chi connectivity index (χ4v) is 2.56. The highest BCUT2D eigenvalue weighted by Gasteiger charge is 2.31. The maximum atomic E-state index is 12.1. The van der Waals surface area contributed by atoms with Crippen molar-refractivity contribution >= 4 is 17.6 Å². The molecular weight excluding hydrogens is 363 g/mol. The van der Waals surface area contributed by atoms with E-state index in [0.29, 0.717) is 5.69 Å². The van der Waals surface area contributed by atoms with E-state index >= 15 is 0 Å². The summed E-state index contributed by atoms with van der Waals surface area (Å²) >= 11 is 0. The lowest BCUT2D eigenvalue weighted by molar-refractivity contribution is -0.274. The molecule has 0 bridgehead atoms. The molecule has 0 unspecified atom stereocenters. The Bertz CT molecular complexity index is 822. The molecular formula is C19H18F3NO4. The van der Waals surface area contributed by atoms with E-state index in [2.05, 4.69) is 10.1 Å². The lowest BCUT2D eigenvalue weighted by Gasteiger charge is -2.13. The highest BCUT2D eigenvalue weighted by Crippen LogP contribution is 2.23. The van der Waals surface area contributed by atoms with Gasteiger partial charge < -0.3 is 14.8 Å². The molecule has 5 nitrogen and oxygen atoms in total. The number of carbonyl (C=O) groups is 2. The van der Waals surface area contributed by atoms with Gasteiger partial charge in [-0.05, 0) is 56.2 Å². The van der Waals surface area contributed by atoms with E-state index in [1.807, 2.05) is 32.9 Å². The molecule has 0 aliphatic rings. The number of ether oxygens (including phenoxy) is 2. The summed E-state index contributed by atoms with van der Waals surface area (Å²) in [7, 11) is 0. The summed E-state index contributed by atoms with van der Waals surface area (Å²) in [5, 5.41) is 2.69. The first kappa shape index (κ1) is 20.3. The number of aryl methyl sites for hydroxylation is 3. The molecule has 2 aromatic carbocycles. The van der Waals surface area contributed by atoms with Crippen molar-refractivity contribution in [3.63, 3.8) is 0 Å². The Hall–Kier alpha value is -3.03. The molecule has 0 aliphatic carbocycles. The average molecular weight is 381 g/mol. The van der Waals surface area contributed by atoms with Crippen LogP contribution in [0.3, 0.4) is 0 Å². The largest absolute Gasteiger partial charge is 0.573 e. The predicted molar refractivity (Wildman–Crippen MR) is 92.7 cm³/mol. The molecule has 0 saturated heterocycles. The SMILES string of the molecule is Cc1cc(C)c(NC(=O)COC(=O)c2ccc(OC(F)(F)F)cc2)c(C)c1. The standard InChI is InChI=1S/C19H18F3NO4/c1-11-8-12(2)17(13(3)9-11)23-16(24)10-26-18(25)14-4-6-15(7-5-14)27-19(20,21)22/h4-9H,10H2,1-3H3,(H,23,24). The van der Waals surface area contributed by atoms with Crippen LogP contribution in [0.4, 0.5) is 18.9 Å². The highest BCUT2D eigenvalue weighted by atomic mass is 19.4. The van der Waals surface area contributed by atoms with E-state index < -0.39 is 30.6 Å². The molecule has 27 heavy (non-hydrogen) atoms. The van der Waals surface area contributed by atoms with Crippen molar-refractivity contribution in [1.29, 1.82) is 0 Å². The maximum Gasteiger partial charge on any atom is 0.573 e. The summed E-state index contributed by atoms with van der Waals surface area (Å²) in [5.74, 6) is -1.81. The Balaban J connectivity index is 1.92. The monoisotopic (exact) mass is 381 g/mol. The first-order valence-corrected chi connectivity index (χ1v) is 7.96. The minimum absolute atomic E-state index is 0.0000199. The number of amides is 1. The average Bonchev–Trinajstić information content (AvgIpc) is 2.55. The van der Waals surface area contributed by atoms with Crippen molar-refractivity contribution in [2.45, 2.75) is 27.1 Å². The van der Waals surface area contributed by atoms with Gasteiger partial charge in [0.25, 0.3) is 5.91 Å². The van der Waals surface area contributed by atoms with Crippen molar-refractivity contribution in [3.05, 3.63) is 58.7 Å². The molecule has 0 fully saturated rings. The summed E-state index contributed by atoms with van der Waals surface area (Å²) in [6, 6.07) is 8.05. The smallest absolute Gasteiger partial charge is 0.452 e. The Morgan fingerprint density at radius 2 is 1.56 bits per heavy atom. The number of carbonyl (C=O) groups excluding carboxylic acids is 2. The first-order chi connectivity index (χ1) is 12.5. The molecule has 0 radical (unpaired) electrons. The van der Waals surface area contributed by atoms with Crippen molar-refractivity contribution < 1.29 is 32.2 Å². The molecule has 0 aliphatic heterocycles. The van der Waals surface area contributed by atoms with Gasteiger partial charge >= 0.3 is 12.3 Å². The van der Waals surface area contributed by atoms with E-state index in [1.165, 1.54) is 0 Å². The number of anilines is 1. The number of hydrogen-bond acceptors (Lipinski definition) is 4. The summed E-state index contributed by atoms with van der Waals surface area (Å²) < 4.78 is 44.9. The third-order valence-corrected chi connectivity index (χ3v) is 3.60. The minimum Gasteiger partial charge on any atom is -0.452 e. The summed E-state index contributed by atoms with van der Waals surface area (Å²) in [5.41, 5.74) is 3.47. The number of hydrogen-bond donors (Lipinski definition) is 1. The van der Waals surface area contributed by atoms with Crippen LogP contribution >= 0.6 is 0 Å².